The van der Waals surface area contributed by atoms with Gasteiger partial charge in [0, 0.05) is 5.56 Å². The molecule has 0 aromatic heterocycles. The van der Waals surface area contributed by atoms with Crippen molar-refractivity contribution in [2.75, 3.05) is 7.11 Å². The Bertz CT molecular complexity index is 411. The molecule has 2 rings (SSSR count). The van der Waals surface area contributed by atoms with Gasteiger partial charge in [-0.3, -0.25) is 4.79 Å². The molecule has 1 aliphatic rings. The second-order valence-corrected chi connectivity index (χ2v) is 5.34. The van der Waals surface area contributed by atoms with Gasteiger partial charge in [0.15, 0.2) is 11.5 Å². The van der Waals surface area contributed by atoms with Crippen LogP contribution < -0.4 is 9.47 Å². The lowest BCUT2D eigenvalue weighted by molar-refractivity contribution is 0.112. The molecule has 1 fully saturated rings. The predicted octanol–water partition coefficient (Wildman–Crippen LogP) is 3.43. The maximum Gasteiger partial charge on any atom is 0.174 e. The highest BCUT2D eigenvalue weighted by Gasteiger charge is 2.20. The summed E-state index contributed by atoms with van der Waals surface area (Å²) in [5.41, 5.74) is 0.616. The summed E-state index contributed by atoms with van der Waals surface area (Å²) in [4.78, 5) is 10.8. The minimum absolute atomic E-state index is 0.291. The van der Waals surface area contributed by atoms with Crippen molar-refractivity contribution in [3.63, 3.8) is 0 Å². The van der Waals surface area contributed by atoms with Crippen molar-refractivity contribution in [1.82, 2.24) is 0 Å². The van der Waals surface area contributed by atoms with E-state index in [9.17, 15) is 4.79 Å². The van der Waals surface area contributed by atoms with Crippen LogP contribution in [0.15, 0.2) is 12.1 Å². The van der Waals surface area contributed by atoms with E-state index in [1.54, 1.807) is 13.2 Å². The fraction of sp³-hybridized carbons (Fsp3) is 0.462. The summed E-state index contributed by atoms with van der Waals surface area (Å²) < 4.78 is 12.2. The lowest BCUT2D eigenvalue weighted by atomic mass is 10.2. The van der Waals surface area contributed by atoms with Crippen LogP contribution in [0.1, 0.15) is 36.0 Å². The normalized spacial score (nSPS) is 15.9. The molecule has 0 amide bonds. The van der Waals surface area contributed by atoms with Crippen molar-refractivity contribution in [3.8, 4) is 11.5 Å². The SMILES string of the molecule is COc1cc(C=O)cc(I)c1OC1CCCC1. The van der Waals surface area contributed by atoms with Gasteiger partial charge in [-0.15, -0.1) is 0 Å². The first kappa shape index (κ1) is 12.7. The Morgan fingerprint density at radius 2 is 2.06 bits per heavy atom. The molecule has 4 heteroatoms. The number of hydrogen-bond acceptors (Lipinski definition) is 3. The number of rotatable bonds is 4. The van der Waals surface area contributed by atoms with E-state index in [0.29, 0.717) is 17.4 Å². The number of ether oxygens (including phenoxy) is 2. The average molecular weight is 346 g/mol. The maximum absolute atomic E-state index is 10.8. The topological polar surface area (TPSA) is 35.5 Å². The molecule has 0 bridgehead atoms. The lowest BCUT2D eigenvalue weighted by Crippen LogP contribution is -2.12. The van der Waals surface area contributed by atoms with Gasteiger partial charge in [-0.05, 0) is 60.4 Å². The van der Waals surface area contributed by atoms with E-state index in [1.807, 2.05) is 6.07 Å². The van der Waals surface area contributed by atoms with Crippen LogP contribution in [0.25, 0.3) is 0 Å². The van der Waals surface area contributed by atoms with Gasteiger partial charge < -0.3 is 9.47 Å². The number of carbonyl (C=O) groups excluding carboxylic acids is 1. The monoisotopic (exact) mass is 346 g/mol. The number of halogens is 1. The molecule has 0 heterocycles. The van der Waals surface area contributed by atoms with Crippen molar-refractivity contribution in [2.24, 2.45) is 0 Å². The van der Waals surface area contributed by atoms with E-state index in [-0.39, 0.29) is 0 Å². The minimum atomic E-state index is 0.291. The molecule has 0 saturated heterocycles. The van der Waals surface area contributed by atoms with Crippen LogP contribution >= 0.6 is 22.6 Å². The van der Waals surface area contributed by atoms with Crippen molar-refractivity contribution >= 4 is 28.9 Å². The van der Waals surface area contributed by atoms with Crippen molar-refractivity contribution in [1.29, 1.82) is 0 Å². The summed E-state index contributed by atoms with van der Waals surface area (Å²) in [7, 11) is 1.60. The summed E-state index contributed by atoms with van der Waals surface area (Å²) in [6.45, 7) is 0. The third kappa shape index (κ3) is 2.91. The van der Waals surface area contributed by atoms with Gasteiger partial charge in [0.05, 0.1) is 16.8 Å². The van der Waals surface area contributed by atoms with E-state index < -0.39 is 0 Å². The number of aldehydes is 1. The number of methoxy groups -OCH3 is 1. The second-order valence-electron chi connectivity index (χ2n) is 4.18. The zero-order valence-corrected chi connectivity index (χ0v) is 11.9. The molecule has 0 spiro atoms. The smallest absolute Gasteiger partial charge is 0.174 e. The molecule has 1 aliphatic carbocycles. The molecule has 3 nitrogen and oxygen atoms in total. The molecule has 1 aromatic carbocycles. The fourth-order valence-corrected chi connectivity index (χ4v) is 2.85. The highest BCUT2D eigenvalue weighted by Crippen LogP contribution is 2.36. The molecular weight excluding hydrogens is 331 g/mol. The first-order chi connectivity index (χ1) is 8.24. The molecule has 17 heavy (non-hydrogen) atoms. The van der Waals surface area contributed by atoms with Gasteiger partial charge in [-0.25, -0.2) is 0 Å². The maximum atomic E-state index is 10.8. The summed E-state index contributed by atoms with van der Waals surface area (Å²) in [5.74, 6) is 1.41. The molecule has 0 unspecified atom stereocenters. The van der Waals surface area contributed by atoms with Crippen LogP contribution in [0.2, 0.25) is 0 Å². The number of carbonyl (C=O) groups is 1. The fourth-order valence-electron chi connectivity index (χ4n) is 2.10. The van der Waals surface area contributed by atoms with Gasteiger partial charge in [-0.1, -0.05) is 0 Å². The van der Waals surface area contributed by atoms with E-state index in [2.05, 4.69) is 22.6 Å². The van der Waals surface area contributed by atoms with Crippen LogP contribution in [0.3, 0.4) is 0 Å². The molecular formula is C13H15IO3. The quantitative estimate of drug-likeness (QED) is 0.619. The zero-order chi connectivity index (χ0) is 12.3. The highest BCUT2D eigenvalue weighted by atomic mass is 127. The Morgan fingerprint density at radius 3 is 2.65 bits per heavy atom. The minimum Gasteiger partial charge on any atom is -0.493 e. The van der Waals surface area contributed by atoms with Gasteiger partial charge >= 0.3 is 0 Å². The highest BCUT2D eigenvalue weighted by molar-refractivity contribution is 14.1. The summed E-state index contributed by atoms with van der Waals surface area (Å²) in [5, 5.41) is 0. The van der Waals surface area contributed by atoms with Crippen LogP contribution in [0.4, 0.5) is 0 Å². The molecule has 1 saturated carbocycles. The largest absolute Gasteiger partial charge is 0.493 e. The predicted molar refractivity (Wildman–Crippen MR) is 74.0 cm³/mol. The Hall–Kier alpha value is -0.780. The average Bonchev–Trinajstić information content (AvgIpc) is 2.84. The molecule has 0 aliphatic heterocycles. The summed E-state index contributed by atoms with van der Waals surface area (Å²) >= 11 is 2.18. The molecule has 1 aromatic rings. The zero-order valence-electron chi connectivity index (χ0n) is 9.74. The Labute approximate surface area is 115 Å². The first-order valence-electron chi connectivity index (χ1n) is 5.74. The van der Waals surface area contributed by atoms with Gasteiger partial charge in [0.1, 0.15) is 6.29 Å². The van der Waals surface area contributed by atoms with E-state index in [0.717, 1.165) is 28.4 Å². The number of benzene rings is 1. The van der Waals surface area contributed by atoms with Gasteiger partial charge in [0.2, 0.25) is 0 Å². The van der Waals surface area contributed by atoms with Crippen molar-refractivity contribution < 1.29 is 14.3 Å². The van der Waals surface area contributed by atoms with E-state index in [4.69, 9.17) is 9.47 Å². The van der Waals surface area contributed by atoms with Gasteiger partial charge in [-0.2, -0.15) is 0 Å². The first-order valence-corrected chi connectivity index (χ1v) is 6.82. The van der Waals surface area contributed by atoms with Crippen LogP contribution in [-0.2, 0) is 0 Å². The van der Waals surface area contributed by atoms with Crippen LogP contribution in [0, 0.1) is 3.57 Å². The Kier molecular flexibility index (Phi) is 4.25. The Balaban J connectivity index is 2.27. The standard InChI is InChI=1S/C13H15IO3/c1-16-12-7-9(8-15)6-11(14)13(12)17-10-4-2-3-5-10/h6-8,10H,2-5H2,1H3. The second kappa shape index (κ2) is 5.71. The summed E-state index contributed by atoms with van der Waals surface area (Å²) in [6, 6.07) is 3.54. The summed E-state index contributed by atoms with van der Waals surface area (Å²) in [6.07, 6.45) is 5.79. The van der Waals surface area contributed by atoms with Crippen molar-refractivity contribution in [2.45, 2.75) is 31.8 Å². The number of hydrogen-bond donors (Lipinski definition) is 0. The lowest BCUT2D eigenvalue weighted by Gasteiger charge is -2.17. The molecule has 0 atom stereocenters. The van der Waals surface area contributed by atoms with Gasteiger partial charge in [0.25, 0.3) is 0 Å². The third-order valence-corrected chi connectivity index (χ3v) is 3.78. The Morgan fingerprint density at radius 1 is 1.35 bits per heavy atom. The molecule has 92 valence electrons. The third-order valence-electron chi connectivity index (χ3n) is 2.97. The molecule has 0 N–H and O–H groups in total. The molecule has 0 radical (unpaired) electrons. The van der Waals surface area contributed by atoms with Crippen LogP contribution in [0.5, 0.6) is 11.5 Å². The van der Waals surface area contributed by atoms with E-state index >= 15 is 0 Å². The van der Waals surface area contributed by atoms with Crippen LogP contribution in [-0.4, -0.2) is 19.5 Å². The van der Waals surface area contributed by atoms with Crippen molar-refractivity contribution in [3.05, 3.63) is 21.3 Å². The van der Waals surface area contributed by atoms with E-state index in [1.165, 1.54) is 12.8 Å².